The van der Waals surface area contributed by atoms with Crippen molar-refractivity contribution < 1.29 is 4.79 Å². The highest BCUT2D eigenvalue weighted by atomic mass is 32.1. The van der Waals surface area contributed by atoms with Crippen molar-refractivity contribution >= 4 is 17.2 Å². The Labute approximate surface area is 113 Å². The van der Waals surface area contributed by atoms with E-state index >= 15 is 0 Å². The average Bonchev–Trinajstić information content (AvgIpc) is 2.88. The first-order chi connectivity index (χ1) is 8.65. The van der Waals surface area contributed by atoms with Crippen molar-refractivity contribution in [3.63, 3.8) is 0 Å². The first kappa shape index (κ1) is 12.2. The maximum absolute atomic E-state index is 12.2. The number of nitrogens with one attached hydrogen (secondary N) is 1. The van der Waals surface area contributed by atoms with E-state index < -0.39 is 0 Å². The molecule has 0 spiro atoms. The van der Waals surface area contributed by atoms with Crippen LogP contribution in [0.1, 0.15) is 48.3 Å². The normalized spacial score (nSPS) is 34.6. The summed E-state index contributed by atoms with van der Waals surface area (Å²) in [5.74, 6) is 1.70. The number of carbonyl (C=O) groups is 1. The van der Waals surface area contributed by atoms with Crippen LogP contribution in [0.15, 0.2) is 12.1 Å². The second-order valence-corrected chi connectivity index (χ2v) is 7.24. The Balaban J connectivity index is 1.56. The minimum absolute atomic E-state index is 0.246. The van der Waals surface area contributed by atoms with Gasteiger partial charge in [-0.3, -0.25) is 4.79 Å². The Morgan fingerprint density at radius 3 is 2.83 bits per heavy atom. The van der Waals surface area contributed by atoms with Crippen molar-refractivity contribution in [2.45, 2.75) is 51.5 Å². The van der Waals surface area contributed by atoms with E-state index in [-0.39, 0.29) is 5.92 Å². The highest BCUT2D eigenvalue weighted by molar-refractivity contribution is 7.12. The lowest BCUT2D eigenvalue weighted by Gasteiger charge is -2.17. The van der Waals surface area contributed by atoms with Crippen LogP contribution in [-0.4, -0.2) is 11.9 Å². The fourth-order valence-corrected chi connectivity index (χ4v) is 4.16. The van der Waals surface area contributed by atoms with Crippen LogP contribution in [0.5, 0.6) is 0 Å². The molecule has 1 amide bonds. The Morgan fingerprint density at radius 1 is 1.39 bits per heavy atom. The highest BCUT2D eigenvalue weighted by Gasteiger charge is 2.45. The van der Waals surface area contributed by atoms with Gasteiger partial charge in [-0.05, 0) is 44.2 Å². The van der Waals surface area contributed by atoms with Crippen molar-refractivity contribution in [3.8, 4) is 0 Å². The fourth-order valence-electron chi connectivity index (χ4n) is 3.10. The Bertz CT molecular complexity index is 453. The molecule has 1 aromatic rings. The summed E-state index contributed by atoms with van der Waals surface area (Å²) in [7, 11) is 0. The van der Waals surface area contributed by atoms with Crippen LogP contribution in [0.4, 0.5) is 0 Å². The fraction of sp³-hybridized carbons (Fsp3) is 0.667. The second kappa shape index (κ2) is 4.69. The molecule has 18 heavy (non-hydrogen) atoms. The number of thiophene rings is 1. The summed E-state index contributed by atoms with van der Waals surface area (Å²) in [6.45, 7) is 4.39. The number of aryl methyl sites for hydroxylation is 1. The Morgan fingerprint density at radius 2 is 2.22 bits per heavy atom. The minimum atomic E-state index is 0.246. The molecule has 2 fully saturated rings. The molecular formula is C15H21NOS. The van der Waals surface area contributed by atoms with Gasteiger partial charge in [0.2, 0.25) is 5.91 Å². The van der Waals surface area contributed by atoms with Gasteiger partial charge in [-0.15, -0.1) is 11.3 Å². The van der Waals surface area contributed by atoms with E-state index in [0.29, 0.717) is 23.8 Å². The molecule has 0 aliphatic heterocycles. The minimum Gasteiger partial charge on any atom is -0.353 e. The van der Waals surface area contributed by atoms with Crippen molar-refractivity contribution in [3.05, 3.63) is 21.9 Å². The molecule has 0 radical (unpaired) electrons. The van der Waals surface area contributed by atoms with Gasteiger partial charge < -0.3 is 5.32 Å². The number of hydrogen-bond acceptors (Lipinski definition) is 2. The summed E-state index contributed by atoms with van der Waals surface area (Å²) >= 11 is 1.84. The number of carbonyl (C=O) groups excluding carboxylic acids is 1. The van der Waals surface area contributed by atoms with E-state index in [1.54, 1.807) is 0 Å². The molecule has 2 aliphatic carbocycles. The largest absolute Gasteiger partial charge is 0.353 e. The first-order valence-electron chi connectivity index (χ1n) is 7.02. The molecule has 1 N–H and O–H groups in total. The molecule has 98 valence electrons. The smallest absolute Gasteiger partial charge is 0.224 e. The van der Waals surface area contributed by atoms with Crippen molar-refractivity contribution in [2.75, 3.05) is 0 Å². The van der Waals surface area contributed by atoms with Crippen LogP contribution in [0.25, 0.3) is 0 Å². The summed E-state index contributed by atoms with van der Waals surface area (Å²) in [6, 6.07) is 4.78. The zero-order valence-electron chi connectivity index (χ0n) is 11.1. The van der Waals surface area contributed by atoms with Gasteiger partial charge in [0.15, 0.2) is 0 Å². The van der Waals surface area contributed by atoms with E-state index in [1.165, 1.54) is 29.0 Å². The van der Waals surface area contributed by atoms with Crippen molar-refractivity contribution in [1.29, 1.82) is 0 Å². The number of hydrogen-bond donors (Lipinski definition) is 1. The van der Waals surface area contributed by atoms with E-state index in [0.717, 1.165) is 6.42 Å². The highest BCUT2D eigenvalue weighted by Crippen LogP contribution is 2.49. The monoisotopic (exact) mass is 263 g/mol. The van der Waals surface area contributed by atoms with E-state index in [1.807, 2.05) is 11.3 Å². The zero-order valence-corrected chi connectivity index (χ0v) is 11.9. The van der Waals surface area contributed by atoms with E-state index in [4.69, 9.17) is 0 Å². The van der Waals surface area contributed by atoms with Gasteiger partial charge in [0.1, 0.15) is 0 Å². The number of rotatable bonds is 3. The van der Waals surface area contributed by atoms with Crippen molar-refractivity contribution in [2.24, 2.45) is 11.8 Å². The van der Waals surface area contributed by atoms with Crippen molar-refractivity contribution in [1.82, 2.24) is 5.32 Å². The quantitative estimate of drug-likeness (QED) is 0.889. The van der Waals surface area contributed by atoms with Gasteiger partial charge in [-0.2, -0.15) is 0 Å². The predicted octanol–water partition coefficient (Wildman–Crippen LogP) is 3.46. The first-order valence-corrected chi connectivity index (χ1v) is 7.83. The predicted molar refractivity (Wildman–Crippen MR) is 74.8 cm³/mol. The van der Waals surface area contributed by atoms with Crippen LogP contribution in [0, 0.1) is 18.8 Å². The zero-order chi connectivity index (χ0) is 12.7. The van der Waals surface area contributed by atoms with Gasteiger partial charge in [0, 0.05) is 27.6 Å². The molecule has 1 aromatic heterocycles. The van der Waals surface area contributed by atoms with E-state index in [2.05, 4.69) is 31.3 Å². The molecule has 1 heterocycles. The molecule has 2 nitrogen and oxygen atoms in total. The molecule has 3 heteroatoms. The topological polar surface area (TPSA) is 29.1 Å². The van der Waals surface area contributed by atoms with Crippen LogP contribution in [0.3, 0.4) is 0 Å². The van der Waals surface area contributed by atoms with Gasteiger partial charge >= 0.3 is 0 Å². The molecule has 2 aliphatic rings. The maximum atomic E-state index is 12.2. The van der Waals surface area contributed by atoms with Gasteiger partial charge in [-0.25, -0.2) is 0 Å². The molecule has 3 rings (SSSR count). The lowest BCUT2D eigenvalue weighted by molar-refractivity contribution is -0.123. The summed E-state index contributed by atoms with van der Waals surface area (Å²) in [5.41, 5.74) is 0. The maximum Gasteiger partial charge on any atom is 0.224 e. The third-order valence-electron chi connectivity index (χ3n) is 4.44. The molecule has 0 aromatic carbocycles. The molecule has 4 atom stereocenters. The van der Waals surface area contributed by atoms with Crippen LogP contribution >= 0.6 is 11.3 Å². The lowest BCUT2D eigenvalue weighted by atomic mass is 10.1. The average molecular weight is 263 g/mol. The molecule has 2 saturated carbocycles. The van der Waals surface area contributed by atoms with Gasteiger partial charge in [0.25, 0.3) is 0 Å². The summed E-state index contributed by atoms with van der Waals surface area (Å²) < 4.78 is 0. The van der Waals surface area contributed by atoms with Crippen LogP contribution in [-0.2, 0) is 4.79 Å². The summed E-state index contributed by atoms with van der Waals surface area (Å²) in [6.07, 6.45) is 4.75. The lowest BCUT2D eigenvalue weighted by Crippen LogP contribution is -2.37. The van der Waals surface area contributed by atoms with Crippen LogP contribution in [0.2, 0.25) is 0 Å². The third kappa shape index (κ3) is 2.33. The Kier molecular flexibility index (Phi) is 3.18. The molecule has 4 unspecified atom stereocenters. The van der Waals surface area contributed by atoms with Gasteiger partial charge in [-0.1, -0.05) is 13.3 Å². The third-order valence-corrected chi connectivity index (χ3v) is 5.58. The summed E-state index contributed by atoms with van der Waals surface area (Å²) in [4.78, 5) is 14.9. The van der Waals surface area contributed by atoms with Gasteiger partial charge in [0.05, 0.1) is 0 Å². The number of amides is 1. The molecule has 0 saturated heterocycles. The molecular weight excluding hydrogens is 242 g/mol. The van der Waals surface area contributed by atoms with E-state index in [9.17, 15) is 4.79 Å². The van der Waals surface area contributed by atoms with Crippen LogP contribution < -0.4 is 5.32 Å². The SMILES string of the molecule is Cc1ccc(C2CC2C(=O)NC2CCCC2C)s1. The Hall–Kier alpha value is -0.830. The second-order valence-electron chi connectivity index (χ2n) is 5.92. The summed E-state index contributed by atoms with van der Waals surface area (Å²) in [5, 5.41) is 3.26. The molecule has 0 bridgehead atoms. The standard InChI is InChI=1S/C15H21NOS/c1-9-4-3-5-13(9)16-15(17)12-8-11(12)14-7-6-10(2)18-14/h6-7,9,11-13H,3-5,8H2,1-2H3,(H,16,17).